The van der Waals surface area contributed by atoms with Crippen LogP contribution in [-0.2, 0) is 34.1 Å². The van der Waals surface area contributed by atoms with Gasteiger partial charge in [0, 0.05) is 6.42 Å². The highest BCUT2D eigenvalue weighted by atomic mass is 16.6. The quantitative estimate of drug-likeness (QED) is 0.0696. The number of benzene rings is 1. The number of ether oxygens (including phenoxy) is 4. The Morgan fingerprint density at radius 2 is 1.43 bits per heavy atom. The third kappa shape index (κ3) is 10.9. The van der Waals surface area contributed by atoms with E-state index in [4.69, 9.17) is 29.9 Å². The smallest absolute Gasteiger partial charge is 0.313 e. The molecule has 0 aliphatic carbocycles. The lowest BCUT2D eigenvalue weighted by Gasteiger charge is -2.44. The molecule has 0 aliphatic heterocycles. The van der Waals surface area contributed by atoms with Crippen molar-refractivity contribution >= 4 is 17.8 Å². The fraction of sp³-hybridized carbons (Fsp3) is 0.743. The number of phenols is 1. The van der Waals surface area contributed by atoms with Crippen molar-refractivity contribution in [2.45, 2.75) is 132 Å². The van der Waals surface area contributed by atoms with E-state index in [1.807, 2.05) is 48.5 Å². The van der Waals surface area contributed by atoms with E-state index in [1.54, 1.807) is 54.5 Å². The van der Waals surface area contributed by atoms with Gasteiger partial charge >= 0.3 is 11.9 Å². The number of nitrogens with one attached hydrogen (secondary N) is 1. The maximum Gasteiger partial charge on any atom is 0.313 e. The molecule has 11 nitrogen and oxygen atoms in total. The van der Waals surface area contributed by atoms with Gasteiger partial charge < -0.3 is 24.1 Å². The first-order valence-electron chi connectivity index (χ1n) is 16.0. The molecule has 0 aromatic heterocycles. The van der Waals surface area contributed by atoms with Crippen molar-refractivity contribution in [1.82, 2.24) is 5.48 Å². The number of hydrogen-bond donors (Lipinski definition) is 4. The summed E-state index contributed by atoms with van der Waals surface area (Å²) in [6.07, 6.45) is 0.799. The third-order valence-corrected chi connectivity index (χ3v) is 9.27. The van der Waals surface area contributed by atoms with Crippen molar-refractivity contribution in [3.05, 3.63) is 29.3 Å². The molecule has 0 heterocycles. The SMILES string of the molecule is CCC(C)(C(=O)OC(C)(C)COC(C)(C)c1ccc(C(=O)NO)c(O)c1)C(C)C(C)C(C)(C)C(=O)OC(C)(N)CCOC(C)(C)C. The summed E-state index contributed by atoms with van der Waals surface area (Å²) < 4.78 is 23.8. The lowest BCUT2D eigenvalue weighted by atomic mass is 9.62. The van der Waals surface area contributed by atoms with Gasteiger partial charge in [-0.3, -0.25) is 25.3 Å². The van der Waals surface area contributed by atoms with Crippen LogP contribution in [0.4, 0.5) is 0 Å². The zero-order valence-electron chi connectivity index (χ0n) is 30.5. The maximum absolute atomic E-state index is 13.8. The van der Waals surface area contributed by atoms with E-state index in [-0.39, 0.29) is 35.4 Å². The highest BCUT2D eigenvalue weighted by molar-refractivity contribution is 5.96. The lowest BCUT2D eigenvalue weighted by Crippen LogP contribution is -2.50. The molecule has 4 atom stereocenters. The van der Waals surface area contributed by atoms with Crippen LogP contribution in [0.1, 0.15) is 126 Å². The molecule has 0 aliphatic rings. The molecule has 0 bridgehead atoms. The van der Waals surface area contributed by atoms with Gasteiger partial charge in [0.1, 0.15) is 11.4 Å². The Kier molecular flexibility index (Phi) is 13.5. The first-order valence-corrected chi connectivity index (χ1v) is 16.0. The molecule has 11 heteroatoms. The van der Waals surface area contributed by atoms with Gasteiger partial charge in [-0.25, -0.2) is 5.48 Å². The van der Waals surface area contributed by atoms with Gasteiger partial charge in [0.2, 0.25) is 0 Å². The number of nitrogens with two attached hydrogens (primary N) is 1. The second kappa shape index (κ2) is 15.0. The van der Waals surface area contributed by atoms with E-state index in [0.29, 0.717) is 25.0 Å². The summed E-state index contributed by atoms with van der Waals surface area (Å²) in [7, 11) is 0. The van der Waals surface area contributed by atoms with Crippen molar-refractivity contribution in [2.75, 3.05) is 13.2 Å². The standard InChI is InChI=1S/C35H60N2O9/c1-15-34(13,23(3)22(2)32(9,10)28(40)46-35(14,36)18-19-43-30(4,5)6)29(41)45-31(7,8)21-44-33(11,12)24-16-17-25(26(38)20-24)27(39)37-42/h16-17,20,22-23,38,42H,15,18-19,21,36H2,1-14H3,(H,37,39). The number of aromatic hydroxyl groups is 1. The molecule has 4 unspecified atom stereocenters. The predicted octanol–water partition coefficient (Wildman–Crippen LogP) is 6.22. The Hall–Kier alpha value is -2.73. The molecule has 0 fully saturated rings. The van der Waals surface area contributed by atoms with Crippen LogP contribution in [-0.4, -0.2) is 58.3 Å². The summed E-state index contributed by atoms with van der Waals surface area (Å²) in [6, 6.07) is 4.38. The second-order valence-corrected chi connectivity index (χ2v) is 15.6. The summed E-state index contributed by atoms with van der Waals surface area (Å²) in [5.74, 6) is -2.59. The number of hydroxylamine groups is 1. The molecule has 0 spiro atoms. The zero-order valence-corrected chi connectivity index (χ0v) is 30.5. The third-order valence-electron chi connectivity index (χ3n) is 9.27. The average Bonchev–Trinajstić information content (AvgIpc) is 2.92. The van der Waals surface area contributed by atoms with Crippen molar-refractivity contribution in [1.29, 1.82) is 0 Å². The molecule has 1 rings (SSSR count). The van der Waals surface area contributed by atoms with Gasteiger partial charge in [-0.2, -0.15) is 0 Å². The van der Waals surface area contributed by atoms with Crippen LogP contribution in [0.5, 0.6) is 5.75 Å². The fourth-order valence-electron chi connectivity index (χ4n) is 4.96. The van der Waals surface area contributed by atoms with Gasteiger partial charge in [-0.15, -0.1) is 0 Å². The van der Waals surface area contributed by atoms with Crippen LogP contribution in [0.2, 0.25) is 0 Å². The first kappa shape index (κ1) is 41.3. The number of esters is 2. The number of rotatable bonds is 16. The molecule has 5 N–H and O–H groups in total. The number of carbonyl (C=O) groups excluding carboxylic acids is 3. The van der Waals surface area contributed by atoms with E-state index >= 15 is 0 Å². The molecule has 0 radical (unpaired) electrons. The Morgan fingerprint density at radius 1 is 0.870 bits per heavy atom. The molecule has 264 valence electrons. The lowest BCUT2D eigenvalue weighted by molar-refractivity contribution is -0.188. The van der Waals surface area contributed by atoms with Crippen molar-refractivity contribution in [3.63, 3.8) is 0 Å². The normalized spacial score (nSPS) is 16.9. The maximum atomic E-state index is 13.8. The van der Waals surface area contributed by atoms with Crippen molar-refractivity contribution in [2.24, 2.45) is 28.4 Å². The monoisotopic (exact) mass is 652 g/mol. The van der Waals surface area contributed by atoms with E-state index in [0.717, 1.165) is 0 Å². The van der Waals surface area contributed by atoms with E-state index < -0.39 is 45.6 Å². The summed E-state index contributed by atoms with van der Waals surface area (Å²) in [5, 5.41) is 19.2. The number of hydrogen-bond acceptors (Lipinski definition) is 10. The molecular formula is C35H60N2O9. The minimum absolute atomic E-state index is 0.0287. The van der Waals surface area contributed by atoms with Crippen molar-refractivity contribution < 1.29 is 43.6 Å². The molecule has 1 aromatic rings. The molecule has 46 heavy (non-hydrogen) atoms. The van der Waals surface area contributed by atoms with E-state index in [9.17, 15) is 19.5 Å². The van der Waals surface area contributed by atoms with Gasteiger partial charge in [-0.05, 0) is 112 Å². The Labute approximate surface area is 275 Å². The minimum atomic E-state index is -1.22. The van der Waals surface area contributed by atoms with Crippen LogP contribution in [0.3, 0.4) is 0 Å². The topological polar surface area (TPSA) is 167 Å². The highest BCUT2D eigenvalue weighted by Crippen LogP contribution is 2.45. The van der Waals surface area contributed by atoms with Crippen LogP contribution in [0.15, 0.2) is 18.2 Å². The van der Waals surface area contributed by atoms with Gasteiger partial charge in [-0.1, -0.05) is 26.8 Å². The summed E-state index contributed by atoms with van der Waals surface area (Å²) in [4.78, 5) is 39.0. The molecule has 0 saturated heterocycles. The van der Waals surface area contributed by atoms with E-state index in [1.165, 1.54) is 17.6 Å². The van der Waals surface area contributed by atoms with Gasteiger partial charge in [0.15, 0.2) is 5.72 Å². The summed E-state index contributed by atoms with van der Waals surface area (Å²) >= 11 is 0. The minimum Gasteiger partial charge on any atom is -0.507 e. The second-order valence-electron chi connectivity index (χ2n) is 15.6. The summed E-state index contributed by atoms with van der Waals surface area (Å²) in [6.45, 7) is 26.2. The van der Waals surface area contributed by atoms with E-state index in [2.05, 4.69) is 0 Å². The molecular weight excluding hydrogens is 592 g/mol. The Morgan fingerprint density at radius 3 is 1.91 bits per heavy atom. The number of phenolic OH excluding ortho intramolecular Hbond substituents is 1. The highest BCUT2D eigenvalue weighted by Gasteiger charge is 2.50. The Balaban J connectivity index is 3.02. The number of carbonyl (C=O) groups is 3. The largest absolute Gasteiger partial charge is 0.507 e. The van der Waals surface area contributed by atoms with Crippen LogP contribution in [0.25, 0.3) is 0 Å². The molecule has 1 aromatic carbocycles. The summed E-state index contributed by atoms with van der Waals surface area (Å²) in [5.41, 5.74) is 2.90. The molecule has 0 saturated carbocycles. The number of amides is 1. The van der Waals surface area contributed by atoms with Crippen LogP contribution in [0, 0.1) is 22.7 Å². The zero-order chi connectivity index (χ0) is 36.1. The van der Waals surface area contributed by atoms with Gasteiger partial charge in [0.25, 0.3) is 5.91 Å². The van der Waals surface area contributed by atoms with Crippen LogP contribution < -0.4 is 11.2 Å². The predicted molar refractivity (Wildman–Crippen MR) is 176 cm³/mol. The molecule has 1 amide bonds. The Bertz CT molecular complexity index is 1220. The first-order chi connectivity index (χ1) is 20.7. The van der Waals surface area contributed by atoms with Gasteiger partial charge in [0.05, 0.1) is 40.8 Å². The average molecular weight is 653 g/mol. The van der Waals surface area contributed by atoms with Crippen LogP contribution >= 0.6 is 0 Å². The van der Waals surface area contributed by atoms with Crippen molar-refractivity contribution in [3.8, 4) is 5.75 Å². The fourth-order valence-corrected chi connectivity index (χ4v) is 4.96.